The minimum absolute atomic E-state index is 0.452. The van der Waals surface area contributed by atoms with Gasteiger partial charge in [0.1, 0.15) is 0 Å². The Kier molecular flexibility index (Phi) is 6.34. The molecule has 1 fully saturated rings. The van der Waals surface area contributed by atoms with Crippen LogP contribution in [0, 0.1) is 0 Å². The summed E-state index contributed by atoms with van der Waals surface area (Å²) in [5.41, 5.74) is 2.37. The Morgan fingerprint density at radius 1 is 1.43 bits per heavy atom. The van der Waals surface area contributed by atoms with Gasteiger partial charge in [-0.15, -0.1) is 0 Å². The van der Waals surface area contributed by atoms with Crippen molar-refractivity contribution < 1.29 is 4.74 Å². The summed E-state index contributed by atoms with van der Waals surface area (Å²) in [5.74, 6) is 0. The Hall–Kier alpha value is -0.770. The van der Waals surface area contributed by atoms with E-state index in [9.17, 15) is 0 Å². The van der Waals surface area contributed by atoms with Gasteiger partial charge in [0, 0.05) is 32.3 Å². The second-order valence-electron chi connectivity index (χ2n) is 5.88. The predicted molar refractivity (Wildman–Crippen MR) is 90.3 cm³/mol. The molecule has 3 nitrogen and oxygen atoms in total. The molecule has 4 heteroatoms. The lowest BCUT2D eigenvalue weighted by Gasteiger charge is -2.31. The zero-order valence-electron chi connectivity index (χ0n) is 13.4. The SMILES string of the molecule is CCC(C)N(CCOC)c1ccc(CNC2CC2)cc1Cl. The van der Waals surface area contributed by atoms with Crippen molar-refractivity contribution in [3.05, 3.63) is 28.8 Å². The maximum absolute atomic E-state index is 6.52. The molecular formula is C17H27ClN2O. The van der Waals surface area contributed by atoms with E-state index in [4.69, 9.17) is 16.3 Å². The van der Waals surface area contributed by atoms with Gasteiger partial charge in [0.25, 0.3) is 0 Å². The highest BCUT2D eigenvalue weighted by Crippen LogP contribution is 2.29. The summed E-state index contributed by atoms with van der Waals surface area (Å²) in [4.78, 5) is 2.34. The molecule has 1 aromatic rings. The molecule has 0 spiro atoms. The van der Waals surface area contributed by atoms with Crippen LogP contribution in [-0.2, 0) is 11.3 Å². The molecule has 1 atom stereocenters. The molecular weight excluding hydrogens is 284 g/mol. The second-order valence-corrected chi connectivity index (χ2v) is 6.29. The molecule has 1 unspecified atom stereocenters. The zero-order chi connectivity index (χ0) is 15.2. The van der Waals surface area contributed by atoms with Crippen LogP contribution in [0.15, 0.2) is 18.2 Å². The molecule has 0 amide bonds. The van der Waals surface area contributed by atoms with Gasteiger partial charge >= 0.3 is 0 Å². The molecule has 1 aliphatic carbocycles. The molecule has 0 radical (unpaired) electrons. The van der Waals surface area contributed by atoms with Crippen LogP contribution in [0.4, 0.5) is 5.69 Å². The standard InChI is InChI=1S/C17H27ClN2O/c1-4-13(2)20(9-10-21-3)17-8-5-14(11-16(17)18)12-19-15-6-7-15/h5,8,11,13,15,19H,4,6-7,9-10,12H2,1-3H3. The molecule has 0 heterocycles. The van der Waals surface area contributed by atoms with Gasteiger partial charge in [-0.3, -0.25) is 0 Å². The van der Waals surface area contributed by atoms with E-state index in [0.29, 0.717) is 12.6 Å². The Labute approximate surface area is 133 Å². The Bertz CT molecular complexity index is 448. The van der Waals surface area contributed by atoms with Gasteiger partial charge in [-0.25, -0.2) is 0 Å². The van der Waals surface area contributed by atoms with Crippen LogP contribution in [0.3, 0.4) is 0 Å². The van der Waals surface area contributed by atoms with Crippen LogP contribution < -0.4 is 10.2 Å². The van der Waals surface area contributed by atoms with Crippen molar-refractivity contribution in [2.75, 3.05) is 25.2 Å². The van der Waals surface area contributed by atoms with Gasteiger partial charge < -0.3 is 15.0 Å². The average Bonchev–Trinajstić information content (AvgIpc) is 3.31. The predicted octanol–water partition coefficient (Wildman–Crippen LogP) is 3.84. The Morgan fingerprint density at radius 3 is 2.76 bits per heavy atom. The number of ether oxygens (including phenoxy) is 1. The topological polar surface area (TPSA) is 24.5 Å². The third-order valence-corrected chi connectivity index (χ3v) is 4.46. The van der Waals surface area contributed by atoms with Gasteiger partial charge in [-0.1, -0.05) is 24.6 Å². The lowest BCUT2D eigenvalue weighted by atomic mass is 10.1. The summed E-state index contributed by atoms with van der Waals surface area (Å²) in [7, 11) is 1.74. The van der Waals surface area contributed by atoms with Crippen molar-refractivity contribution >= 4 is 17.3 Å². The Balaban J connectivity index is 2.07. The highest BCUT2D eigenvalue weighted by molar-refractivity contribution is 6.33. The molecule has 1 N–H and O–H groups in total. The van der Waals surface area contributed by atoms with E-state index in [0.717, 1.165) is 36.3 Å². The lowest BCUT2D eigenvalue weighted by molar-refractivity contribution is 0.203. The first kappa shape index (κ1) is 16.6. The number of benzene rings is 1. The molecule has 1 aliphatic rings. The fourth-order valence-corrected chi connectivity index (χ4v) is 2.74. The third kappa shape index (κ3) is 4.87. The molecule has 2 rings (SSSR count). The lowest BCUT2D eigenvalue weighted by Crippen LogP contribution is -2.35. The summed E-state index contributed by atoms with van der Waals surface area (Å²) in [5, 5.41) is 4.36. The fraction of sp³-hybridized carbons (Fsp3) is 0.647. The summed E-state index contributed by atoms with van der Waals surface area (Å²) in [6.07, 6.45) is 3.71. The van der Waals surface area contributed by atoms with E-state index in [-0.39, 0.29) is 0 Å². The third-order valence-electron chi connectivity index (χ3n) is 4.15. The summed E-state index contributed by atoms with van der Waals surface area (Å²) in [6, 6.07) is 7.59. The second kappa shape index (κ2) is 8.02. The maximum atomic E-state index is 6.52. The van der Waals surface area contributed by atoms with Crippen LogP contribution in [0.1, 0.15) is 38.7 Å². The number of rotatable bonds is 9. The zero-order valence-corrected chi connectivity index (χ0v) is 14.1. The van der Waals surface area contributed by atoms with Crippen LogP contribution >= 0.6 is 11.6 Å². The first-order valence-electron chi connectivity index (χ1n) is 7.93. The van der Waals surface area contributed by atoms with Gasteiger partial charge in [0.15, 0.2) is 0 Å². The van der Waals surface area contributed by atoms with Gasteiger partial charge in [0.05, 0.1) is 17.3 Å². The quantitative estimate of drug-likeness (QED) is 0.750. The molecule has 1 saturated carbocycles. The average molecular weight is 311 g/mol. The first-order valence-corrected chi connectivity index (χ1v) is 8.30. The van der Waals surface area contributed by atoms with Gasteiger partial charge in [-0.05, 0) is 43.9 Å². The van der Waals surface area contributed by atoms with E-state index in [1.54, 1.807) is 7.11 Å². The van der Waals surface area contributed by atoms with E-state index in [1.807, 2.05) is 0 Å². The van der Waals surface area contributed by atoms with Crippen LogP contribution in [0.2, 0.25) is 5.02 Å². The molecule has 0 saturated heterocycles. The monoisotopic (exact) mass is 310 g/mol. The van der Waals surface area contributed by atoms with Crippen molar-refractivity contribution in [1.82, 2.24) is 5.32 Å². The van der Waals surface area contributed by atoms with Crippen molar-refractivity contribution in [1.29, 1.82) is 0 Å². The molecule has 0 bridgehead atoms. The number of nitrogens with one attached hydrogen (secondary N) is 1. The Morgan fingerprint density at radius 2 is 2.19 bits per heavy atom. The van der Waals surface area contributed by atoms with E-state index >= 15 is 0 Å². The number of halogens is 1. The van der Waals surface area contributed by atoms with Crippen LogP contribution in [-0.4, -0.2) is 32.3 Å². The van der Waals surface area contributed by atoms with Crippen LogP contribution in [0.5, 0.6) is 0 Å². The van der Waals surface area contributed by atoms with Crippen molar-refractivity contribution in [3.8, 4) is 0 Å². The number of anilines is 1. The number of hydrogen-bond acceptors (Lipinski definition) is 3. The van der Waals surface area contributed by atoms with E-state index < -0.39 is 0 Å². The smallest absolute Gasteiger partial charge is 0.0642 e. The summed E-state index contributed by atoms with van der Waals surface area (Å²) >= 11 is 6.52. The van der Waals surface area contributed by atoms with Crippen molar-refractivity contribution in [3.63, 3.8) is 0 Å². The van der Waals surface area contributed by atoms with E-state index in [1.165, 1.54) is 18.4 Å². The minimum atomic E-state index is 0.452. The first-order chi connectivity index (χ1) is 10.2. The van der Waals surface area contributed by atoms with E-state index in [2.05, 4.69) is 42.3 Å². The molecule has 1 aromatic carbocycles. The highest BCUT2D eigenvalue weighted by Gasteiger charge is 2.20. The summed E-state index contributed by atoms with van der Waals surface area (Å²) in [6.45, 7) is 6.92. The normalized spacial score (nSPS) is 16.0. The van der Waals surface area contributed by atoms with Crippen molar-refractivity contribution in [2.24, 2.45) is 0 Å². The van der Waals surface area contributed by atoms with Gasteiger partial charge in [0.2, 0.25) is 0 Å². The molecule has 21 heavy (non-hydrogen) atoms. The fourth-order valence-electron chi connectivity index (χ4n) is 2.43. The van der Waals surface area contributed by atoms with Crippen LogP contribution in [0.25, 0.3) is 0 Å². The van der Waals surface area contributed by atoms with Gasteiger partial charge in [-0.2, -0.15) is 0 Å². The molecule has 118 valence electrons. The largest absolute Gasteiger partial charge is 0.383 e. The summed E-state index contributed by atoms with van der Waals surface area (Å²) < 4.78 is 5.23. The number of methoxy groups -OCH3 is 1. The molecule has 0 aromatic heterocycles. The number of nitrogens with zero attached hydrogens (tertiary/aromatic N) is 1. The van der Waals surface area contributed by atoms with Crippen molar-refractivity contribution in [2.45, 2.75) is 51.7 Å². The number of hydrogen-bond donors (Lipinski definition) is 1. The minimum Gasteiger partial charge on any atom is -0.383 e. The maximum Gasteiger partial charge on any atom is 0.0642 e. The highest BCUT2D eigenvalue weighted by atomic mass is 35.5. The molecule has 0 aliphatic heterocycles.